The summed E-state index contributed by atoms with van der Waals surface area (Å²) < 4.78 is 10.6. The van der Waals surface area contributed by atoms with Gasteiger partial charge < -0.3 is 14.6 Å². The van der Waals surface area contributed by atoms with Gasteiger partial charge in [0.1, 0.15) is 12.3 Å². The van der Waals surface area contributed by atoms with Crippen LogP contribution >= 0.6 is 0 Å². The van der Waals surface area contributed by atoms with Gasteiger partial charge in [0.25, 0.3) is 5.91 Å². The zero-order valence-electron chi connectivity index (χ0n) is 19.6. The summed E-state index contributed by atoms with van der Waals surface area (Å²) in [6.45, 7) is 3.83. The molecule has 2 heterocycles. The molecule has 0 bridgehead atoms. The van der Waals surface area contributed by atoms with Crippen LogP contribution in [0.2, 0.25) is 0 Å². The molecule has 0 saturated carbocycles. The average Bonchev–Trinajstić information content (AvgIpc) is 3.45. The van der Waals surface area contributed by atoms with Crippen LogP contribution in [-0.4, -0.2) is 34.1 Å². The van der Waals surface area contributed by atoms with Gasteiger partial charge in [0.15, 0.2) is 5.54 Å². The number of nitrogens with zero attached hydrogens (tertiary/aromatic N) is 3. The predicted molar refractivity (Wildman–Crippen MR) is 129 cm³/mol. The first-order valence-corrected chi connectivity index (χ1v) is 11.2. The molecule has 1 aliphatic rings. The highest BCUT2D eigenvalue weighted by Crippen LogP contribution is 2.37. The van der Waals surface area contributed by atoms with Crippen LogP contribution in [0.25, 0.3) is 11.4 Å². The van der Waals surface area contributed by atoms with Crippen molar-refractivity contribution < 1.29 is 18.8 Å². The lowest BCUT2D eigenvalue weighted by atomic mass is 9.81. The minimum Gasteiger partial charge on any atom is -0.497 e. The van der Waals surface area contributed by atoms with E-state index in [1.165, 1.54) is 0 Å². The van der Waals surface area contributed by atoms with Gasteiger partial charge in [0, 0.05) is 5.56 Å². The molecular weight excluding hydrogens is 444 g/mol. The van der Waals surface area contributed by atoms with E-state index in [0.717, 1.165) is 16.0 Å². The van der Waals surface area contributed by atoms with E-state index in [9.17, 15) is 9.59 Å². The summed E-state index contributed by atoms with van der Waals surface area (Å²) in [5, 5.41) is 6.97. The average molecular weight is 469 g/mol. The lowest BCUT2D eigenvalue weighted by Gasteiger charge is -2.28. The first-order valence-electron chi connectivity index (χ1n) is 11.2. The summed E-state index contributed by atoms with van der Waals surface area (Å²) in [6.07, 6.45) is 0. The Morgan fingerprint density at radius 3 is 2.49 bits per heavy atom. The lowest BCUT2D eigenvalue weighted by Crippen LogP contribution is -2.45. The van der Waals surface area contributed by atoms with Crippen molar-refractivity contribution in [1.29, 1.82) is 0 Å². The lowest BCUT2D eigenvalue weighted by molar-refractivity contribution is -0.130. The molecule has 1 saturated heterocycles. The highest BCUT2D eigenvalue weighted by Gasteiger charge is 2.54. The SMILES string of the molecule is COc1cccc(-c2noc(CN3C(=O)N[C@](c4ccccc4)(c4ccc(C)c(C)c4)C3=O)n2)c1. The van der Waals surface area contributed by atoms with Gasteiger partial charge >= 0.3 is 6.03 Å². The second kappa shape index (κ2) is 8.72. The fraction of sp³-hybridized carbons (Fsp3) is 0.185. The van der Waals surface area contributed by atoms with Crippen molar-refractivity contribution in [3.05, 3.63) is 101 Å². The number of benzene rings is 3. The third-order valence-electron chi connectivity index (χ3n) is 6.34. The van der Waals surface area contributed by atoms with E-state index in [4.69, 9.17) is 9.26 Å². The first kappa shape index (κ1) is 22.3. The highest BCUT2D eigenvalue weighted by molar-refractivity contribution is 6.09. The molecular formula is C27H24N4O4. The summed E-state index contributed by atoms with van der Waals surface area (Å²) in [7, 11) is 1.58. The van der Waals surface area contributed by atoms with Crippen molar-refractivity contribution in [2.45, 2.75) is 25.9 Å². The van der Waals surface area contributed by atoms with E-state index < -0.39 is 17.5 Å². The molecule has 4 aromatic rings. The van der Waals surface area contributed by atoms with Crippen LogP contribution in [0.4, 0.5) is 4.79 Å². The Balaban J connectivity index is 1.50. The van der Waals surface area contributed by atoms with E-state index >= 15 is 0 Å². The number of amides is 3. The fourth-order valence-corrected chi connectivity index (χ4v) is 4.27. The Hall–Kier alpha value is -4.46. The molecule has 3 amide bonds. The molecule has 1 fully saturated rings. The second-order valence-corrected chi connectivity index (χ2v) is 8.48. The summed E-state index contributed by atoms with van der Waals surface area (Å²) in [6, 6.07) is 21.7. The zero-order chi connectivity index (χ0) is 24.6. The summed E-state index contributed by atoms with van der Waals surface area (Å²) >= 11 is 0. The van der Waals surface area contributed by atoms with Crippen LogP contribution in [0.1, 0.15) is 28.1 Å². The molecule has 1 atom stereocenters. The van der Waals surface area contributed by atoms with Crippen molar-refractivity contribution in [3.63, 3.8) is 0 Å². The van der Waals surface area contributed by atoms with E-state index in [1.54, 1.807) is 13.2 Å². The van der Waals surface area contributed by atoms with Gasteiger partial charge in [-0.15, -0.1) is 0 Å². The normalized spacial score (nSPS) is 17.5. The molecule has 176 valence electrons. The van der Waals surface area contributed by atoms with Crippen LogP contribution in [0.15, 0.2) is 77.3 Å². The largest absolute Gasteiger partial charge is 0.497 e. The van der Waals surface area contributed by atoms with Gasteiger partial charge in [-0.3, -0.25) is 9.69 Å². The Bertz CT molecular complexity index is 1420. The Labute approximate surface area is 202 Å². The number of carbonyl (C=O) groups is 2. The van der Waals surface area contributed by atoms with Crippen molar-refractivity contribution in [2.24, 2.45) is 0 Å². The molecule has 1 aromatic heterocycles. The standard InChI is InChI=1S/C27H24N4O4/c1-17-12-13-21(14-18(17)2)27(20-9-5-4-6-10-20)25(32)31(26(33)29-27)16-23-28-24(30-35-23)19-8-7-11-22(15-19)34-3/h4-15H,16H2,1-3H3,(H,29,33)/t27-/m1/s1. The molecule has 0 spiro atoms. The summed E-state index contributed by atoms with van der Waals surface area (Å²) in [5.41, 5.74) is 2.83. The molecule has 0 unspecified atom stereocenters. The van der Waals surface area contributed by atoms with Gasteiger partial charge in [-0.1, -0.05) is 65.8 Å². The first-order chi connectivity index (χ1) is 16.9. The number of urea groups is 1. The van der Waals surface area contributed by atoms with E-state index in [-0.39, 0.29) is 12.4 Å². The van der Waals surface area contributed by atoms with Gasteiger partial charge in [0.05, 0.1) is 7.11 Å². The molecule has 5 rings (SSSR count). The van der Waals surface area contributed by atoms with Crippen molar-refractivity contribution in [2.75, 3.05) is 7.11 Å². The van der Waals surface area contributed by atoms with E-state index in [0.29, 0.717) is 28.3 Å². The maximum atomic E-state index is 13.9. The zero-order valence-corrected chi connectivity index (χ0v) is 19.6. The number of rotatable bonds is 6. The maximum absolute atomic E-state index is 13.9. The smallest absolute Gasteiger partial charge is 0.326 e. The summed E-state index contributed by atoms with van der Waals surface area (Å²) in [5.74, 6) is 0.742. The third-order valence-corrected chi connectivity index (χ3v) is 6.34. The number of methoxy groups -OCH3 is 1. The van der Waals surface area contributed by atoms with Gasteiger partial charge in [-0.25, -0.2) is 4.79 Å². The molecule has 8 heteroatoms. The molecule has 8 nitrogen and oxygen atoms in total. The number of aromatic nitrogens is 2. The van der Waals surface area contributed by atoms with Crippen molar-refractivity contribution >= 4 is 11.9 Å². The monoisotopic (exact) mass is 468 g/mol. The van der Waals surface area contributed by atoms with Gasteiger partial charge in [0.2, 0.25) is 11.7 Å². The molecule has 1 aliphatic heterocycles. The van der Waals surface area contributed by atoms with Crippen LogP contribution < -0.4 is 10.1 Å². The Kier molecular flexibility index (Phi) is 5.56. The number of hydrogen-bond acceptors (Lipinski definition) is 6. The van der Waals surface area contributed by atoms with Crippen LogP contribution in [-0.2, 0) is 16.9 Å². The summed E-state index contributed by atoms with van der Waals surface area (Å²) in [4.78, 5) is 32.6. The van der Waals surface area contributed by atoms with Crippen LogP contribution in [0, 0.1) is 13.8 Å². The maximum Gasteiger partial charge on any atom is 0.326 e. The Morgan fingerprint density at radius 2 is 1.74 bits per heavy atom. The molecule has 0 aliphatic carbocycles. The van der Waals surface area contributed by atoms with Crippen LogP contribution in [0.5, 0.6) is 5.75 Å². The second-order valence-electron chi connectivity index (χ2n) is 8.48. The number of carbonyl (C=O) groups excluding carboxylic acids is 2. The minimum atomic E-state index is -1.35. The van der Waals surface area contributed by atoms with Crippen molar-refractivity contribution in [3.8, 4) is 17.1 Å². The highest BCUT2D eigenvalue weighted by atomic mass is 16.5. The Morgan fingerprint density at radius 1 is 0.943 bits per heavy atom. The van der Waals surface area contributed by atoms with Crippen LogP contribution in [0.3, 0.4) is 0 Å². The quantitative estimate of drug-likeness (QED) is 0.423. The van der Waals surface area contributed by atoms with E-state index in [2.05, 4.69) is 15.5 Å². The number of aryl methyl sites for hydroxylation is 2. The fourth-order valence-electron chi connectivity index (χ4n) is 4.27. The molecule has 0 radical (unpaired) electrons. The topological polar surface area (TPSA) is 97.6 Å². The molecule has 1 N–H and O–H groups in total. The van der Waals surface area contributed by atoms with Gasteiger partial charge in [-0.05, 0) is 48.2 Å². The number of hydrogen-bond donors (Lipinski definition) is 1. The van der Waals surface area contributed by atoms with Gasteiger partial charge in [-0.2, -0.15) is 4.98 Å². The molecule has 35 heavy (non-hydrogen) atoms. The number of nitrogens with one attached hydrogen (secondary N) is 1. The predicted octanol–water partition coefficient (Wildman–Crippen LogP) is 4.36. The third kappa shape index (κ3) is 3.82. The minimum absolute atomic E-state index is 0.148. The molecule has 3 aromatic carbocycles. The van der Waals surface area contributed by atoms with E-state index in [1.807, 2.05) is 80.6 Å². The van der Waals surface area contributed by atoms with Crippen molar-refractivity contribution in [1.82, 2.24) is 20.4 Å². The number of ether oxygens (including phenoxy) is 1. The number of imide groups is 1.